The van der Waals surface area contributed by atoms with E-state index in [1.165, 1.54) is 20.9 Å². The highest BCUT2D eigenvalue weighted by Gasteiger charge is 2.29. The Morgan fingerprint density at radius 3 is 2.10 bits per heavy atom. The fraction of sp³-hybridized carbons (Fsp3) is 0.273. The molecule has 0 saturated carbocycles. The Hall–Kier alpha value is -2.65. The van der Waals surface area contributed by atoms with E-state index in [4.69, 9.17) is 16.1 Å². The van der Waals surface area contributed by atoms with Crippen molar-refractivity contribution in [3.63, 3.8) is 0 Å². The van der Waals surface area contributed by atoms with E-state index in [1.54, 1.807) is 0 Å². The van der Waals surface area contributed by atoms with Gasteiger partial charge in [0.15, 0.2) is 0 Å². The van der Waals surface area contributed by atoms with Gasteiger partial charge in [0.1, 0.15) is 0 Å². The number of fused-ring (bicyclic) bond motifs is 2. The van der Waals surface area contributed by atoms with Gasteiger partial charge in [-0.1, -0.05) is 48.2 Å². The van der Waals surface area contributed by atoms with E-state index in [9.17, 15) is 9.59 Å². The van der Waals surface area contributed by atoms with Crippen LogP contribution in [0.3, 0.4) is 0 Å². The van der Waals surface area contributed by atoms with Crippen LogP contribution in [0.2, 0.25) is 0 Å². The van der Waals surface area contributed by atoms with Crippen molar-refractivity contribution >= 4 is 23.7 Å². The lowest BCUT2D eigenvalue weighted by molar-refractivity contribution is -0.134. The Bertz CT molecular complexity index is 910. The van der Waals surface area contributed by atoms with Crippen molar-refractivity contribution in [1.29, 1.82) is 0 Å². The summed E-state index contributed by atoms with van der Waals surface area (Å²) in [6.07, 6.45) is 2.20. The molecule has 4 N–H and O–H groups in total. The number of carboxylic acid groups (broad SMARTS) is 2. The monoisotopic (exact) mass is 427 g/mol. The number of carboxylic acids is 2. The summed E-state index contributed by atoms with van der Waals surface area (Å²) in [5.74, 6) is 3.42. The molecule has 158 valence electrons. The van der Waals surface area contributed by atoms with Crippen LogP contribution in [0.4, 0.5) is 0 Å². The minimum absolute atomic E-state index is 0.459. The van der Waals surface area contributed by atoms with Gasteiger partial charge >= 0.3 is 11.9 Å². The maximum absolute atomic E-state index is 9.55. The molecule has 30 heavy (non-hydrogen) atoms. The highest BCUT2D eigenvalue weighted by Crippen LogP contribution is 2.42. The number of hydrogen-bond donors (Lipinski definition) is 3. The van der Waals surface area contributed by atoms with E-state index in [0.29, 0.717) is 18.2 Å². The third-order valence-corrected chi connectivity index (χ3v) is 6.25. The van der Waals surface area contributed by atoms with Crippen LogP contribution in [0.1, 0.15) is 17.2 Å². The third kappa shape index (κ3) is 5.93. The van der Waals surface area contributed by atoms with Gasteiger partial charge in [-0.15, -0.1) is 0 Å². The van der Waals surface area contributed by atoms with Gasteiger partial charge in [-0.25, -0.2) is 14.6 Å². The lowest BCUT2D eigenvalue weighted by Crippen LogP contribution is -2.50. The Labute approximate surface area is 179 Å². The zero-order valence-corrected chi connectivity index (χ0v) is 17.3. The minimum Gasteiger partial charge on any atom is -0.478 e. The van der Waals surface area contributed by atoms with Crippen LogP contribution in [0, 0.1) is 0 Å². The molecule has 8 heteroatoms. The van der Waals surface area contributed by atoms with Crippen LogP contribution >= 0.6 is 11.8 Å². The zero-order valence-electron chi connectivity index (χ0n) is 16.5. The van der Waals surface area contributed by atoms with Gasteiger partial charge in [0.25, 0.3) is 0 Å². The number of nitrogens with zero attached hydrogens (tertiary/aromatic N) is 2. The average Bonchev–Trinajstić information content (AvgIpc) is 2.90. The van der Waals surface area contributed by atoms with Gasteiger partial charge in [-0.3, -0.25) is 10.7 Å². The molecule has 4 rings (SSSR count). The summed E-state index contributed by atoms with van der Waals surface area (Å²) in [6.45, 7) is 3.99. The quantitative estimate of drug-likeness (QED) is 0.507. The molecule has 2 heterocycles. The van der Waals surface area contributed by atoms with Gasteiger partial charge in [-0.05, 0) is 29.7 Å². The van der Waals surface area contributed by atoms with E-state index in [0.717, 1.165) is 32.6 Å². The lowest BCUT2D eigenvalue weighted by atomic mass is 9.97. The van der Waals surface area contributed by atoms with Crippen molar-refractivity contribution in [2.24, 2.45) is 5.84 Å². The largest absolute Gasteiger partial charge is 0.478 e. The van der Waals surface area contributed by atoms with Crippen molar-refractivity contribution in [3.8, 4) is 0 Å². The maximum Gasteiger partial charge on any atom is 0.328 e. The van der Waals surface area contributed by atoms with Gasteiger partial charge in [0.2, 0.25) is 0 Å². The molecular formula is C22H25N3O4S. The van der Waals surface area contributed by atoms with Gasteiger partial charge < -0.3 is 10.2 Å². The normalized spacial score (nSPS) is 19.2. The smallest absolute Gasteiger partial charge is 0.328 e. The Kier molecular flexibility index (Phi) is 7.64. The number of nitrogens with two attached hydrogens (primary N) is 1. The summed E-state index contributed by atoms with van der Waals surface area (Å²) >= 11 is 1.91. The molecule has 0 radical (unpaired) electrons. The molecule has 1 fully saturated rings. The second-order valence-electron chi connectivity index (χ2n) is 7.05. The highest BCUT2D eigenvalue weighted by atomic mass is 32.2. The number of benzene rings is 2. The van der Waals surface area contributed by atoms with Gasteiger partial charge in [0.05, 0.1) is 0 Å². The number of rotatable bonds is 3. The SMILES string of the molecule is NN1CCN(C2Cc3ccccc3Sc3ccccc32)CC1.O=C(O)/C=C\C(=O)O. The van der Waals surface area contributed by atoms with E-state index < -0.39 is 11.9 Å². The Morgan fingerprint density at radius 2 is 1.47 bits per heavy atom. The van der Waals surface area contributed by atoms with E-state index in [1.807, 2.05) is 16.8 Å². The molecule has 2 aliphatic heterocycles. The standard InChI is InChI=1S/C18H21N3S.C4H4O4/c19-21-11-9-20(10-12-21)16-13-14-5-1-3-7-17(14)22-18-8-4-2-6-15(16)18;5-3(6)1-2-4(7)8/h1-8,16H,9-13,19H2;1-2H,(H,5,6)(H,7,8)/b;2-1-. The van der Waals surface area contributed by atoms with Crippen LogP contribution in [0.5, 0.6) is 0 Å². The van der Waals surface area contributed by atoms with Gasteiger partial charge in [0, 0.05) is 54.2 Å². The third-order valence-electron chi connectivity index (χ3n) is 5.04. The first-order chi connectivity index (χ1) is 14.4. The van der Waals surface area contributed by atoms with E-state index >= 15 is 0 Å². The van der Waals surface area contributed by atoms with Crippen LogP contribution in [0.15, 0.2) is 70.5 Å². The zero-order chi connectivity index (χ0) is 21.5. The lowest BCUT2D eigenvalue weighted by Gasteiger charge is -2.38. The van der Waals surface area contributed by atoms with Crippen LogP contribution in [-0.2, 0) is 16.0 Å². The van der Waals surface area contributed by atoms with Crippen LogP contribution in [0.25, 0.3) is 0 Å². The Morgan fingerprint density at radius 1 is 0.900 bits per heavy atom. The summed E-state index contributed by atoms with van der Waals surface area (Å²) in [7, 11) is 0. The first-order valence-corrected chi connectivity index (χ1v) is 10.5. The predicted octanol–water partition coefficient (Wildman–Crippen LogP) is 2.64. The van der Waals surface area contributed by atoms with E-state index in [-0.39, 0.29) is 0 Å². The van der Waals surface area contributed by atoms with Crippen LogP contribution < -0.4 is 5.84 Å². The molecule has 0 spiro atoms. The molecular weight excluding hydrogens is 402 g/mol. The fourth-order valence-corrected chi connectivity index (χ4v) is 4.71. The van der Waals surface area contributed by atoms with Crippen molar-refractivity contribution in [3.05, 3.63) is 71.8 Å². The molecule has 0 amide bonds. The molecule has 1 unspecified atom stereocenters. The predicted molar refractivity (Wildman–Crippen MR) is 115 cm³/mol. The van der Waals surface area contributed by atoms with Gasteiger partial charge in [-0.2, -0.15) is 0 Å². The second kappa shape index (κ2) is 10.4. The second-order valence-corrected chi connectivity index (χ2v) is 8.13. The molecule has 1 saturated heterocycles. The van der Waals surface area contributed by atoms with Crippen molar-refractivity contribution in [2.45, 2.75) is 22.3 Å². The molecule has 7 nitrogen and oxygen atoms in total. The number of piperazine rings is 1. The minimum atomic E-state index is -1.26. The Balaban J connectivity index is 0.000000275. The summed E-state index contributed by atoms with van der Waals surface area (Å²) in [5.41, 5.74) is 2.93. The van der Waals surface area contributed by atoms with Crippen molar-refractivity contribution in [2.75, 3.05) is 26.2 Å². The summed E-state index contributed by atoms with van der Waals surface area (Å²) in [4.78, 5) is 24.5. The number of aliphatic carboxylic acids is 2. The molecule has 2 aliphatic rings. The average molecular weight is 428 g/mol. The highest BCUT2D eigenvalue weighted by molar-refractivity contribution is 7.99. The molecule has 0 bridgehead atoms. The van der Waals surface area contributed by atoms with Crippen LogP contribution in [-0.4, -0.2) is 58.2 Å². The summed E-state index contributed by atoms with van der Waals surface area (Å²) < 4.78 is 0. The fourth-order valence-electron chi connectivity index (χ4n) is 3.57. The molecule has 0 aliphatic carbocycles. The maximum atomic E-state index is 9.55. The molecule has 2 aromatic rings. The molecule has 1 atom stereocenters. The topological polar surface area (TPSA) is 107 Å². The summed E-state index contributed by atoms with van der Waals surface area (Å²) in [5, 5.41) is 17.6. The first kappa shape index (κ1) is 22.0. The number of hydrazine groups is 1. The first-order valence-electron chi connectivity index (χ1n) is 9.66. The number of carbonyl (C=O) groups is 2. The molecule has 0 aromatic heterocycles. The van der Waals surface area contributed by atoms with Crippen molar-refractivity contribution in [1.82, 2.24) is 9.91 Å². The van der Waals surface area contributed by atoms with E-state index in [2.05, 4.69) is 53.4 Å². The molecule has 2 aromatic carbocycles. The summed E-state index contributed by atoms with van der Waals surface area (Å²) in [6, 6.07) is 18.2. The van der Waals surface area contributed by atoms with Crippen molar-refractivity contribution < 1.29 is 19.8 Å². The number of hydrogen-bond acceptors (Lipinski definition) is 6.